The molecule has 0 aliphatic carbocycles. The van der Waals surface area contributed by atoms with Gasteiger partial charge in [-0.3, -0.25) is 9.59 Å². The molecular weight excluding hydrogens is 719 g/mol. The van der Waals surface area contributed by atoms with Crippen molar-refractivity contribution in [3.8, 4) is 0 Å². The molecule has 0 aromatic heterocycles. The minimum Gasteiger partial charge on any atom is -0.461 e. The molecule has 6 heteroatoms. The molecule has 0 spiro atoms. The van der Waals surface area contributed by atoms with Crippen LogP contribution in [0.2, 0.25) is 0 Å². The molecule has 0 saturated heterocycles. The Bertz CT molecular complexity index is 1000. The van der Waals surface area contributed by atoms with Gasteiger partial charge in [0, 0.05) is 12.8 Å². The van der Waals surface area contributed by atoms with Crippen LogP contribution in [0, 0.1) is 0 Å². The Morgan fingerprint density at radius 3 is 1.38 bits per heavy atom. The van der Waals surface area contributed by atoms with Crippen LogP contribution in [0.15, 0.2) is 48.6 Å². The van der Waals surface area contributed by atoms with Crippen molar-refractivity contribution < 1.29 is 24.5 Å². The van der Waals surface area contributed by atoms with E-state index < -0.39 is 18.2 Å². The first-order valence-electron chi connectivity index (χ1n) is 24.9. The van der Waals surface area contributed by atoms with Crippen LogP contribution in [0.1, 0.15) is 245 Å². The molecule has 338 valence electrons. The highest BCUT2D eigenvalue weighted by molar-refractivity contribution is 5.77. The van der Waals surface area contributed by atoms with Gasteiger partial charge in [-0.05, 0) is 44.9 Å². The molecule has 3 unspecified atom stereocenters. The van der Waals surface area contributed by atoms with Crippen molar-refractivity contribution in [1.29, 1.82) is 0 Å². The molecule has 1 amide bonds. The Hall–Kier alpha value is -2.18. The number of nitrogens with one attached hydrogen (secondary N) is 1. The lowest BCUT2D eigenvalue weighted by Crippen LogP contribution is -2.46. The van der Waals surface area contributed by atoms with Crippen LogP contribution < -0.4 is 5.32 Å². The van der Waals surface area contributed by atoms with Crippen LogP contribution in [0.25, 0.3) is 0 Å². The van der Waals surface area contributed by atoms with Gasteiger partial charge in [0.15, 0.2) is 0 Å². The lowest BCUT2D eigenvalue weighted by Gasteiger charge is -2.24. The van der Waals surface area contributed by atoms with Gasteiger partial charge in [0.2, 0.25) is 5.91 Å². The Morgan fingerprint density at radius 2 is 0.914 bits per heavy atom. The number of hydrogen-bond acceptors (Lipinski definition) is 5. The largest absolute Gasteiger partial charge is 0.461 e. The summed E-state index contributed by atoms with van der Waals surface area (Å²) < 4.78 is 5.84. The topological polar surface area (TPSA) is 95.9 Å². The van der Waals surface area contributed by atoms with E-state index in [1.807, 2.05) is 6.08 Å². The Labute approximate surface area is 359 Å². The second-order valence-electron chi connectivity index (χ2n) is 16.9. The number of amides is 1. The molecule has 0 rings (SSSR count). The fourth-order valence-corrected chi connectivity index (χ4v) is 7.35. The lowest BCUT2D eigenvalue weighted by molar-refractivity contribution is -0.150. The quantitative estimate of drug-likeness (QED) is 0.0323. The van der Waals surface area contributed by atoms with E-state index in [2.05, 4.69) is 68.6 Å². The summed E-state index contributed by atoms with van der Waals surface area (Å²) in [4.78, 5) is 26.0. The zero-order valence-electron chi connectivity index (χ0n) is 38.4. The summed E-state index contributed by atoms with van der Waals surface area (Å²) >= 11 is 0. The molecule has 0 fully saturated rings. The predicted molar refractivity (Wildman–Crippen MR) is 250 cm³/mol. The normalized spacial score (nSPS) is 13.7. The maximum Gasteiger partial charge on any atom is 0.306 e. The summed E-state index contributed by atoms with van der Waals surface area (Å²) in [5, 5.41) is 23.7. The van der Waals surface area contributed by atoms with Gasteiger partial charge < -0.3 is 20.3 Å². The van der Waals surface area contributed by atoms with Gasteiger partial charge in [-0.15, -0.1) is 0 Å². The number of esters is 1. The number of ether oxygens (including phenoxy) is 1. The molecule has 6 nitrogen and oxygen atoms in total. The molecule has 0 aliphatic rings. The Balaban J connectivity index is 4.65. The summed E-state index contributed by atoms with van der Waals surface area (Å²) in [6, 6.07) is -0.728. The fourth-order valence-electron chi connectivity index (χ4n) is 7.35. The summed E-state index contributed by atoms with van der Waals surface area (Å²) in [6.45, 7) is 6.41. The van der Waals surface area contributed by atoms with Gasteiger partial charge in [0.25, 0.3) is 0 Å². The molecular formula is C52H95NO5. The van der Waals surface area contributed by atoms with E-state index in [4.69, 9.17) is 4.74 Å². The van der Waals surface area contributed by atoms with Crippen molar-refractivity contribution in [3.05, 3.63) is 48.6 Å². The third-order valence-corrected chi connectivity index (χ3v) is 11.2. The van der Waals surface area contributed by atoms with Crippen molar-refractivity contribution >= 4 is 11.9 Å². The van der Waals surface area contributed by atoms with Crippen molar-refractivity contribution in [2.24, 2.45) is 0 Å². The number of carbonyl (C=O) groups excluding carboxylic acids is 2. The minimum atomic E-state index is -0.808. The summed E-state index contributed by atoms with van der Waals surface area (Å²) in [7, 11) is 0. The predicted octanol–water partition coefficient (Wildman–Crippen LogP) is 14.7. The number of hydrogen-bond donors (Lipinski definition) is 3. The molecule has 3 N–H and O–H groups in total. The molecule has 3 atom stereocenters. The highest BCUT2D eigenvalue weighted by Gasteiger charge is 2.23. The van der Waals surface area contributed by atoms with E-state index in [1.54, 1.807) is 0 Å². The third-order valence-electron chi connectivity index (χ3n) is 11.2. The monoisotopic (exact) mass is 814 g/mol. The summed E-state index contributed by atoms with van der Waals surface area (Å²) in [6.07, 6.45) is 54.7. The van der Waals surface area contributed by atoms with E-state index in [-0.39, 0.29) is 24.9 Å². The minimum absolute atomic E-state index is 0.00367. The van der Waals surface area contributed by atoms with Gasteiger partial charge in [-0.25, -0.2) is 0 Å². The molecule has 58 heavy (non-hydrogen) atoms. The Kier molecular flexibility index (Phi) is 44.2. The van der Waals surface area contributed by atoms with Crippen LogP contribution in [-0.2, 0) is 14.3 Å². The smallest absolute Gasteiger partial charge is 0.306 e. The van der Waals surface area contributed by atoms with Crippen LogP contribution >= 0.6 is 0 Å². The Morgan fingerprint density at radius 1 is 0.517 bits per heavy atom. The van der Waals surface area contributed by atoms with E-state index in [1.165, 1.54) is 141 Å². The average Bonchev–Trinajstić information content (AvgIpc) is 3.22. The van der Waals surface area contributed by atoms with Gasteiger partial charge in [-0.1, -0.05) is 230 Å². The molecule has 0 aliphatic heterocycles. The zero-order valence-corrected chi connectivity index (χ0v) is 38.4. The van der Waals surface area contributed by atoms with E-state index in [9.17, 15) is 19.8 Å². The van der Waals surface area contributed by atoms with Gasteiger partial charge in [0.1, 0.15) is 6.10 Å². The summed E-state index contributed by atoms with van der Waals surface area (Å²) in [5.74, 6) is -0.574. The molecule has 0 saturated carbocycles. The van der Waals surface area contributed by atoms with Crippen molar-refractivity contribution in [3.63, 3.8) is 0 Å². The number of aliphatic hydroxyl groups excluding tert-OH is 2. The van der Waals surface area contributed by atoms with Crippen LogP contribution in [0.5, 0.6) is 0 Å². The molecule has 0 aromatic rings. The zero-order chi connectivity index (χ0) is 42.4. The summed E-state index contributed by atoms with van der Waals surface area (Å²) in [5.41, 5.74) is 0. The maximum atomic E-state index is 13.1. The number of rotatable bonds is 44. The number of carbonyl (C=O) groups is 2. The van der Waals surface area contributed by atoms with Crippen LogP contribution in [-0.4, -0.2) is 46.9 Å². The van der Waals surface area contributed by atoms with E-state index >= 15 is 0 Å². The SMILES string of the molecule is CCCCC/C=C\C/C=C\C/C=C\C/C=C\CC(CC(=O)NC(CO)C(O)CCCCCCCCCCCCCCCCC)OC(=O)CCCCCCCCCCC. The highest BCUT2D eigenvalue weighted by Crippen LogP contribution is 2.16. The fraction of sp³-hybridized carbons (Fsp3) is 0.808. The van der Waals surface area contributed by atoms with Crippen molar-refractivity contribution in [2.45, 2.75) is 264 Å². The van der Waals surface area contributed by atoms with Gasteiger partial charge in [0.05, 0.1) is 25.2 Å². The van der Waals surface area contributed by atoms with Crippen molar-refractivity contribution in [2.75, 3.05) is 6.61 Å². The maximum absolute atomic E-state index is 13.1. The van der Waals surface area contributed by atoms with E-state index in [0.29, 0.717) is 19.3 Å². The average molecular weight is 814 g/mol. The van der Waals surface area contributed by atoms with Crippen LogP contribution in [0.3, 0.4) is 0 Å². The number of aliphatic hydroxyl groups is 2. The second kappa shape index (κ2) is 45.9. The molecule has 0 aromatic carbocycles. The molecule has 0 heterocycles. The molecule has 0 radical (unpaired) electrons. The van der Waals surface area contributed by atoms with Gasteiger partial charge in [-0.2, -0.15) is 0 Å². The second-order valence-corrected chi connectivity index (χ2v) is 16.9. The lowest BCUT2D eigenvalue weighted by atomic mass is 10.0. The van der Waals surface area contributed by atoms with E-state index in [0.717, 1.165) is 57.8 Å². The van der Waals surface area contributed by atoms with Crippen molar-refractivity contribution in [1.82, 2.24) is 5.32 Å². The first kappa shape index (κ1) is 55.8. The standard InChI is InChI=1S/C52H95NO5/c1-4-7-10-13-16-19-21-23-25-27-29-32-34-37-40-43-48(58-52(57)45-42-39-36-31-18-15-12-9-6-3)46-51(56)53-49(47-54)50(55)44-41-38-35-33-30-28-26-24-22-20-17-14-11-8-5-2/h16,19,23,25,29,32,37,40,48-50,54-55H,4-15,17-18,20-22,24,26-28,30-31,33-36,38-39,41-47H2,1-3H3,(H,53,56)/b19-16-,25-23-,32-29-,40-37-. The first-order chi connectivity index (χ1) is 28.5. The van der Waals surface area contributed by atoms with Gasteiger partial charge >= 0.3 is 5.97 Å². The number of unbranched alkanes of at least 4 members (excludes halogenated alkanes) is 25. The third kappa shape index (κ3) is 40.6. The highest BCUT2D eigenvalue weighted by atomic mass is 16.5. The van der Waals surface area contributed by atoms with Crippen LogP contribution in [0.4, 0.5) is 0 Å². The first-order valence-corrected chi connectivity index (χ1v) is 24.9. The number of allylic oxidation sites excluding steroid dienone is 7. The molecule has 0 bridgehead atoms.